The van der Waals surface area contributed by atoms with Crippen molar-refractivity contribution >= 4 is 9.84 Å². The van der Waals surface area contributed by atoms with Crippen molar-refractivity contribution in [1.29, 1.82) is 0 Å². The van der Waals surface area contributed by atoms with Gasteiger partial charge in [-0.2, -0.15) is 0 Å². The molecule has 0 amide bonds. The van der Waals surface area contributed by atoms with Crippen molar-refractivity contribution < 1.29 is 13.5 Å². The summed E-state index contributed by atoms with van der Waals surface area (Å²) in [6.07, 6.45) is 2.24. The monoisotopic (exact) mass is 271 g/mol. The van der Waals surface area contributed by atoms with Crippen molar-refractivity contribution in [3.8, 4) is 0 Å². The highest BCUT2D eigenvalue weighted by Gasteiger charge is 2.30. The SMILES string of the molecule is O=S1(=O)CCC(c2nnc3n2CCC(O)C3)CC1. The normalized spacial score (nSPS) is 27.9. The first-order valence-corrected chi connectivity index (χ1v) is 8.18. The van der Waals surface area contributed by atoms with Crippen molar-refractivity contribution in [2.75, 3.05) is 11.5 Å². The molecule has 2 aliphatic heterocycles. The Balaban J connectivity index is 1.82. The van der Waals surface area contributed by atoms with Crippen LogP contribution in [0.15, 0.2) is 0 Å². The van der Waals surface area contributed by atoms with Crippen molar-refractivity contribution in [2.45, 2.75) is 44.2 Å². The number of aliphatic hydroxyl groups is 1. The minimum absolute atomic E-state index is 0.199. The van der Waals surface area contributed by atoms with Gasteiger partial charge in [-0.25, -0.2) is 8.42 Å². The van der Waals surface area contributed by atoms with Crippen molar-refractivity contribution in [3.63, 3.8) is 0 Å². The molecule has 1 saturated heterocycles. The first-order chi connectivity index (χ1) is 8.55. The van der Waals surface area contributed by atoms with Crippen LogP contribution in [0.4, 0.5) is 0 Å². The molecule has 0 bridgehead atoms. The molecule has 1 N–H and O–H groups in total. The van der Waals surface area contributed by atoms with Crippen LogP contribution in [-0.2, 0) is 22.8 Å². The second-order valence-corrected chi connectivity index (χ2v) is 7.50. The topological polar surface area (TPSA) is 85.1 Å². The van der Waals surface area contributed by atoms with Gasteiger partial charge in [0, 0.05) is 18.9 Å². The van der Waals surface area contributed by atoms with Gasteiger partial charge in [-0.3, -0.25) is 0 Å². The average molecular weight is 271 g/mol. The Morgan fingerprint density at radius 1 is 1.17 bits per heavy atom. The fourth-order valence-electron chi connectivity index (χ4n) is 2.78. The predicted octanol–water partition coefficient (Wildman–Crippen LogP) is -0.123. The van der Waals surface area contributed by atoms with E-state index in [9.17, 15) is 13.5 Å². The number of hydrogen-bond donors (Lipinski definition) is 1. The van der Waals surface area contributed by atoms with Crippen LogP contribution in [0.2, 0.25) is 0 Å². The lowest BCUT2D eigenvalue weighted by molar-refractivity contribution is 0.140. The van der Waals surface area contributed by atoms with E-state index < -0.39 is 9.84 Å². The summed E-state index contributed by atoms with van der Waals surface area (Å²) >= 11 is 0. The maximum absolute atomic E-state index is 11.4. The number of rotatable bonds is 1. The molecule has 2 aliphatic rings. The summed E-state index contributed by atoms with van der Waals surface area (Å²) in [4.78, 5) is 0. The Labute approximate surface area is 106 Å². The number of aliphatic hydroxyl groups excluding tert-OH is 1. The third-order valence-corrected chi connectivity index (χ3v) is 5.60. The first-order valence-electron chi connectivity index (χ1n) is 6.35. The molecule has 3 heterocycles. The average Bonchev–Trinajstić information content (AvgIpc) is 2.72. The van der Waals surface area contributed by atoms with E-state index in [0.717, 1.165) is 24.6 Å². The lowest BCUT2D eigenvalue weighted by Crippen LogP contribution is -2.27. The van der Waals surface area contributed by atoms with Gasteiger partial charge >= 0.3 is 0 Å². The predicted molar refractivity (Wildman–Crippen MR) is 65.0 cm³/mol. The number of sulfone groups is 1. The van der Waals surface area contributed by atoms with E-state index in [0.29, 0.717) is 19.3 Å². The Bertz CT molecular complexity index is 538. The zero-order valence-corrected chi connectivity index (χ0v) is 10.9. The van der Waals surface area contributed by atoms with Crippen LogP contribution in [-0.4, -0.2) is 45.9 Å². The molecule has 7 heteroatoms. The molecule has 100 valence electrons. The molecule has 0 saturated carbocycles. The van der Waals surface area contributed by atoms with Gasteiger partial charge in [0.05, 0.1) is 17.6 Å². The van der Waals surface area contributed by atoms with Crippen LogP contribution in [0, 0.1) is 0 Å². The molecule has 1 unspecified atom stereocenters. The summed E-state index contributed by atoms with van der Waals surface area (Å²) in [6, 6.07) is 0. The Hall–Kier alpha value is -0.950. The van der Waals surface area contributed by atoms with Crippen LogP contribution >= 0.6 is 0 Å². The van der Waals surface area contributed by atoms with Gasteiger partial charge < -0.3 is 9.67 Å². The first kappa shape index (κ1) is 12.1. The molecule has 1 aromatic rings. The molecule has 0 aliphatic carbocycles. The Morgan fingerprint density at radius 3 is 2.61 bits per heavy atom. The second-order valence-electron chi connectivity index (χ2n) is 5.20. The quantitative estimate of drug-likeness (QED) is 0.769. The molecule has 1 fully saturated rings. The van der Waals surface area contributed by atoms with Crippen LogP contribution < -0.4 is 0 Å². The van der Waals surface area contributed by atoms with Gasteiger partial charge in [0.1, 0.15) is 21.5 Å². The van der Waals surface area contributed by atoms with Gasteiger partial charge in [0.15, 0.2) is 0 Å². The van der Waals surface area contributed by atoms with E-state index in [-0.39, 0.29) is 23.5 Å². The van der Waals surface area contributed by atoms with E-state index in [1.807, 2.05) is 0 Å². The molecule has 0 radical (unpaired) electrons. The lowest BCUT2D eigenvalue weighted by atomic mass is 10.0. The fourth-order valence-corrected chi connectivity index (χ4v) is 4.28. The maximum Gasteiger partial charge on any atom is 0.150 e. The van der Waals surface area contributed by atoms with E-state index in [4.69, 9.17) is 0 Å². The Morgan fingerprint density at radius 2 is 1.89 bits per heavy atom. The summed E-state index contributed by atoms with van der Waals surface area (Å²) in [7, 11) is -2.83. The molecular weight excluding hydrogens is 254 g/mol. The van der Waals surface area contributed by atoms with Crippen LogP contribution in [0.25, 0.3) is 0 Å². The maximum atomic E-state index is 11.4. The molecule has 1 aromatic heterocycles. The van der Waals surface area contributed by atoms with E-state index in [1.165, 1.54) is 0 Å². The largest absolute Gasteiger partial charge is 0.393 e. The van der Waals surface area contributed by atoms with Gasteiger partial charge in [-0.15, -0.1) is 10.2 Å². The van der Waals surface area contributed by atoms with Gasteiger partial charge in [-0.05, 0) is 19.3 Å². The third kappa shape index (κ3) is 2.16. The molecule has 18 heavy (non-hydrogen) atoms. The molecular formula is C11H17N3O3S. The summed E-state index contributed by atoms with van der Waals surface area (Å²) in [6.45, 7) is 0.738. The van der Waals surface area contributed by atoms with E-state index in [2.05, 4.69) is 14.8 Å². The van der Waals surface area contributed by atoms with Crippen LogP contribution in [0.5, 0.6) is 0 Å². The van der Waals surface area contributed by atoms with Crippen LogP contribution in [0.3, 0.4) is 0 Å². The summed E-state index contributed by atoms with van der Waals surface area (Å²) in [5.41, 5.74) is 0. The fraction of sp³-hybridized carbons (Fsp3) is 0.818. The number of fused-ring (bicyclic) bond motifs is 1. The van der Waals surface area contributed by atoms with E-state index in [1.54, 1.807) is 0 Å². The summed E-state index contributed by atoms with van der Waals surface area (Å²) < 4.78 is 24.9. The highest BCUT2D eigenvalue weighted by Crippen LogP contribution is 2.29. The third-order valence-electron chi connectivity index (χ3n) is 3.88. The molecule has 0 spiro atoms. The standard InChI is InChI=1S/C11H17N3O3S/c15-9-1-4-14-10(7-9)12-13-11(14)8-2-5-18(16,17)6-3-8/h8-9,15H,1-7H2. The van der Waals surface area contributed by atoms with Gasteiger partial charge in [0.25, 0.3) is 0 Å². The molecule has 1 atom stereocenters. The Kier molecular flexibility index (Phi) is 2.90. The van der Waals surface area contributed by atoms with Gasteiger partial charge in [0.2, 0.25) is 0 Å². The smallest absolute Gasteiger partial charge is 0.150 e. The zero-order valence-electron chi connectivity index (χ0n) is 10.1. The lowest BCUT2D eigenvalue weighted by Gasteiger charge is -2.24. The van der Waals surface area contributed by atoms with Gasteiger partial charge in [-0.1, -0.05) is 0 Å². The number of aromatic nitrogens is 3. The molecule has 3 rings (SSSR count). The summed E-state index contributed by atoms with van der Waals surface area (Å²) in [5, 5.41) is 17.9. The van der Waals surface area contributed by atoms with Crippen molar-refractivity contribution in [1.82, 2.24) is 14.8 Å². The van der Waals surface area contributed by atoms with E-state index >= 15 is 0 Å². The highest BCUT2D eigenvalue weighted by atomic mass is 32.2. The second kappa shape index (κ2) is 4.31. The van der Waals surface area contributed by atoms with Crippen molar-refractivity contribution in [3.05, 3.63) is 11.6 Å². The highest BCUT2D eigenvalue weighted by molar-refractivity contribution is 7.91. The minimum Gasteiger partial charge on any atom is -0.393 e. The number of nitrogens with zero attached hydrogens (tertiary/aromatic N) is 3. The molecule has 0 aromatic carbocycles. The summed E-state index contributed by atoms with van der Waals surface area (Å²) in [5.74, 6) is 2.44. The minimum atomic E-state index is -2.83. The van der Waals surface area contributed by atoms with Crippen molar-refractivity contribution in [2.24, 2.45) is 0 Å². The zero-order chi connectivity index (χ0) is 12.8. The molecule has 6 nitrogen and oxygen atoms in total. The number of hydrogen-bond acceptors (Lipinski definition) is 5. The van der Waals surface area contributed by atoms with Crippen LogP contribution in [0.1, 0.15) is 36.8 Å².